The van der Waals surface area contributed by atoms with Gasteiger partial charge in [-0.2, -0.15) is 0 Å². The van der Waals surface area contributed by atoms with Gasteiger partial charge in [0.05, 0.1) is 0 Å². The van der Waals surface area contributed by atoms with Crippen LogP contribution in [0.3, 0.4) is 0 Å². The van der Waals surface area contributed by atoms with Gasteiger partial charge in [0.25, 0.3) is 0 Å². The van der Waals surface area contributed by atoms with E-state index in [0.717, 1.165) is 29.9 Å². The molecule has 1 nitrogen and oxygen atoms in total. The first-order valence-electron chi connectivity index (χ1n) is 22.5. The lowest BCUT2D eigenvalue weighted by atomic mass is 9.73. The van der Waals surface area contributed by atoms with Gasteiger partial charge in [-0.15, -0.1) is 0 Å². The smallest absolute Gasteiger partial charge is 0.0470 e. The summed E-state index contributed by atoms with van der Waals surface area (Å²) in [4.78, 5) is 2.49. The van der Waals surface area contributed by atoms with Crippen molar-refractivity contribution in [1.82, 2.24) is 0 Å². The third-order valence-electron chi connectivity index (χ3n) is 14.9. The molecule has 1 unspecified atom stereocenters. The maximum Gasteiger partial charge on any atom is 0.0470 e. The number of benzene rings is 10. The van der Waals surface area contributed by atoms with Crippen LogP contribution in [0.15, 0.2) is 212 Å². The molecule has 0 saturated heterocycles. The monoisotopic (exact) mass is 803 g/mol. The van der Waals surface area contributed by atoms with E-state index >= 15 is 0 Å². The number of hydrogen-bond acceptors (Lipinski definition) is 1. The average Bonchev–Trinajstić information content (AvgIpc) is 3.95. The number of fused-ring (bicyclic) bond motifs is 13. The predicted molar refractivity (Wildman–Crippen MR) is 265 cm³/mol. The van der Waals surface area contributed by atoms with Crippen LogP contribution in [0.2, 0.25) is 0 Å². The highest BCUT2D eigenvalue weighted by Gasteiger charge is 2.48. The Labute approximate surface area is 369 Å². The van der Waals surface area contributed by atoms with E-state index in [1.165, 1.54) is 99.4 Å². The fourth-order valence-electron chi connectivity index (χ4n) is 12.1. The van der Waals surface area contributed by atoms with Crippen LogP contribution in [0.4, 0.5) is 17.1 Å². The molecule has 3 aliphatic rings. The van der Waals surface area contributed by atoms with E-state index in [1.807, 2.05) is 0 Å². The Balaban J connectivity index is 0.992. The second-order valence-electron chi connectivity index (χ2n) is 18.4. The van der Waals surface area contributed by atoms with Crippen molar-refractivity contribution in [2.24, 2.45) is 0 Å². The Hall–Kier alpha value is -7.48. The lowest BCUT2D eigenvalue weighted by Gasteiger charge is -2.31. The summed E-state index contributed by atoms with van der Waals surface area (Å²) >= 11 is 0. The first kappa shape index (κ1) is 36.2. The number of nitrogens with zero attached hydrogens (tertiary/aromatic N) is 1. The topological polar surface area (TPSA) is 3.24 Å². The molecule has 10 aromatic rings. The Morgan fingerprint density at radius 1 is 0.365 bits per heavy atom. The first-order chi connectivity index (χ1) is 31.0. The zero-order chi connectivity index (χ0) is 41.9. The summed E-state index contributed by atoms with van der Waals surface area (Å²) in [5.41, 5.74) is 22.1. The molecule has 0 heterocycles. The number of aryl methyl sites for hydroxylation is 1. The number of hydrogen-bond donors (Lipinski definition) is 0. The summed E-state index contributed by atoms with van der Waals surface area (Å²) in [6.45, 7) is 4.77. The molecule has 0 radical (unpaired) electrons. The highest BCUT2D eigenvalue weighted by Crippen LogP contribution is 2.59. The molecule has 0 amide bonds. The normalized spacial score (nSPS) is 16.2. The quantitative estimate of drug-likeness (QED) is 0.157. The molecule has 298 valence electrons. The average molecular weight is 804 g/mol. The second-order valence-corrected chi connectivity index (χ2v) is 18.4. The second kappa shape index (κ2) is 13.5. The van der Waals surface area contributed by atoms with E-state index in [0.29, 0.717) is 0 Å². The highest BCUT2D eigenvalue weighted by atomic mass is 15.1. The van der Waals surface area contributed by atoms with Crippen LogP contribution in [0, 0.1) is 0 Å². The molecule has 0 aromatic heterocycles. The van der Waals surface area contributed by atoms with E-state index < -0.39 is 0 Å². The van der Waals surface area contributed by atoms with Crippen molar-refractivity contribution in [3.8, 4) is 44.5 Å². The molecular weight excluding hydrogens is 759 g/mol. The molecule has 0 aliphatic heterocycles. The molecule has 1 spiro atoms. The van der Waals surface area contributed by atoms with Gasteiger partial charge in [0.1, 0.15) is 0 Å². The van der Waals surface area contributed by atoms with Crippen LogP contribution in [-0.2, 0) is 17.3 Å². The number of anilines is 3. The summed E-state index contributed by atoms with van der Waals surface area (Å²) in [6, 6.07) is 79.9. The lowest BCUT2D eigenvalue weighted by Crippen LogP contribution is -2.24. The highest BCUT2D eigenvalue weighted by molar-refractivity contribution is 6.12. The van der Waals surface area contributed by atoms with Crippen molar-refractivity contribution >= 4 is 38.6 Å². The van der Waals surface area contributed by atoms with Crippen LogP contribution in [0.1, 0.15) is 53.6 Å². The van der Waals surface area contributed by atoms with Gasteiger partial charge in [0.15, 0.2) is 0 Å². The van der Waals surface area contributed by atoms with Crippen molar-refractivity contribution in [3.05, 3.63) is 246 Å². The SMILES string of the molecule is CC1(C)c2ccccc2-c2cccc(-c3cccc(N(c4ccc(-c5cccc6c5ccc5ccccc56)cc4)c4ccc5c(c4)C4(CCc6ccccc64)c4ccccc4-5)c3)c21. The van der Waals surface area contributed by atoms with E-state index in [2.05, 4.69) is 231 Å². The fraction of sp³-hybridized carbons (Fsp3) is 0.0968. The van der Waals surface area contributed by atoms with E-state index in [9.17, 15) is 0 Å². The Morgan fingerprint density at radius 3 is 1.86 bits per heavy atom. The molecule has 1 heteroatoms. The van der Waals surface area contributed by atoms with Crippen LogP contribution in [0.5, 0.6) is 0 Å². The van der Waals surface area contributed by atoms with Crippen molar-refractivity contribution in [3.63, 3.8) is 0 Å². The van der Waals surface area contributed by atoms with Crippen LogP contribution in [-0.4, -0.2) is 0 Å². The standard InChI is InChI=1S/C62H45N/c1-61(2)57-26-9-6-20-53(57)55-24-13-22-49(60(55)61)43-16-11-17-45(38-43)63(44-31-28-41(29-32-44)48-21-12-23-50-47-18-5-3-14-40(47)30-34-51(48)50)46-33-35-54-52-19-7-10-27-58(52)62(59(54)39-46)37-36-42-15-4-8-25-56(42)62/h3-35,38-39H,36-37H2,1-2H3. The van der Waals surface area contributed by atoms with E-state index in [4.69, 9.17) is 0 Å². The Morgan fingerprint density at radius 2 is 0.984 bits per heavy atom. The maximum atomic E-state index is 2.52. The molecule has 0 N–H and O–H groups in total. The fourth-order valence-corrected chi connectivity index (χ4v) is 12.1. The zero-order valence-electron chi connectivity index (χ0n) is 35.6. The van der Waals surface area contributed by atoms with Crippen molar-refractivity contribution in [2.45, 2.75) is 37.5 Å². The minimum Gasteiger partial charge on any atom is -0.310 e. The van der Waals surface area contributed by atoms with Gasteiger partial charge in [-0.25, -0.2) is 0 Å². The third-order valence-corrected chi connectivity index (χ3v) is 14.9. The molecule has 0 saturated carbocycles. The lowest BCUT2D eigenvalue weighted by molar-refractivity contribution is 0.626. The molecular formula is C62H45N. The van der Waals surface area contributed by atoms with Gasteiger partial charge in [-0.3, -0.25) is 0 Å². The molecule has 1 atom stereocenters. The van der Waals surface area contributed by atoms with Crippen LogP contribution in [0.25, 0.3) is 66.1 Å². The summed E-state index contributed by atoms with van der Waals surface area (Å²) in [6.07, 6.45) is 2.15. The maximum absolute atomic E-state index is 2.52. The van der Waals surface area contributed by atoms with Gasteiger partial charge >= 0.3 is 0 Å². The van der Waals surface area contributed by atoms with E-state index in [-0.39, 0.29) is 10.8 Å². The summed E-state index contributed by atoms with van der Waals surface area (Å²) in [7, 11) is 0. The van der Waals surface area contributed by atoms with Crippen LogP contribution >= 0.6 is 0 Å². The van der Waals surface area contributed by atoms with Gasteiger partial charge in [-0.1, -0.05) is 190 Å². The summed E-state index contributed by atoms with van der Waals surface area (Å²) in [5, 5.41) is 5.11. The van der Waals surface area contributed by atoms with Gasteiger partial charge in [-0.05, 0) is 149 Å². The Kier molecular flexibility index (Phi) is 7.76. The summed E-state index contributed by atoms with van der Waals surface area (Å²) < 4.78 is 0. The van der Waals surface area contributed by atoms with Crippen molar-refractivity contribution < 1.29 is 0 Å². The zero-order valence-corrected chi connectivity index (χ0v) is 35.6. The van der Waals surface area contributed by atoms with Crippen LogP contribution < -0.4 is 4.90 Å². The molecule has 63 heavy (non-hydrogen) atoms. The van der Waals surface area contributed by atoms with Gasteiger partial charge in [0, 0.05) is 27.9 Å². The predicted octanol–water partition coefficient (Wildman–Crippen LogP) is 16.4. The molecule has 13 rings (SSSR count). The van der Waals surface area contributed by atoms with Gasteiger partial charge < -0.3 is 4.90 Å². The third kappa shape index (κ3) is 5.17. The molecule has 10 aromatic carbocycles. The molecule has 0 fully saturated rings. The first-order valence-corrected chi connectivity index (χ1v) is 22.5. The number of rotatable bonds is 5. The summed E-state index contributed by atoms with van der Waals surface area (Å²) in [5.74, 6) is 0. The minimum atomic E-state index is -0.181. The van der Waals surface area contributed by atoms with E-state index in [1.54, 1.807) is 0 Å². The Bertz CT molecular complexity index is 3500. The van der Waals surface area contributed by atoms with Crippen molar-refractivity contribution in [2.75, 3.05) is 4.90 Å². The molecule has 0 bridgehead atoms. The van der Waals surface area contributed by atoms with Crippen molar-refractivity contribution in [1.29, 1.82) is 0 Å². The molecule has 3 aliphatic carbocycles. The van der Waals surface area contributed by atoms with Gasteiger partial charge in [0.2, 0.25) is 0 Å². The minimum absolute atomic E-state index is 0.122. The largest absolute Gasteiger partial charge is 0.310 e.